The predicted octanol–water partition coefficient (Wildman–Crippen LogP) is -0.834. The number of nitrogens with zero attached hydrogens (tertiary/aromatic N) is 2. The monoisotopic (exact) mass is 255 g/mol. The summed E-state index contributed by atoms with van der Waals surface area (Å²) in [5.74, 6) is -2.64. The first kappa shape index (κ1) is 13.7. The lowest BCUT2D eigenvalue weighted by Crippen LogP contribution is -2.42. The highest BCUT2D eigenvalue weighted by atomic mass is 16.5. The molecule has 8 nitrogen and oxygen atoms in total. The topological polar surface area (TPSA) is 111 Å². The highest BCUT2D eigenvalue weighted by molar-refractivity contribution is 5.96. The number of carboxylic acid groups (broad SMARTS) is 1. The van der Waals surface area contributed by atoms with Crippen molar-refractivity contribution in [2.24, 2.45) is 7.05 Å². The summed E-state index contributed by atoms with van der Waals surface area (Å²) in [4.78, 5) is 37.4. The predicted molar refractivity (Wildman–Crippen MR) is 58.7 cm³/mol. The lowest BCUT2D eigenvalue weighted by molar-refractivity contribution is -0.147. The number of carbonyl (C=O) groups excluding carboxylic acids is 2. The minimum atomic E-state index is -1.33. The first-order chi connectivity index (χ1) is 8.45. The number of hydrogen-bond acceptors (Lipinski definition) is 5. The second-order valence-electron chi connectivity index (χ2n) is 3.53. The van der Waals surface area contributed by atoms with Crippen LogP contribution in [0.5, 0.6) is 0 Å². The van der Waals surface area contributed by atoms with E-state index < -0.39 is 30.3 Å². The van der Waals surface area contributed by atoms with Crippen LogP contribution in [0.2, 0.25) is 0 Å². The average molecular weight is 255 g/mol. The van der Waals surface area contributed by atoms with Gasteiger partial charge in [0.25, 0.3) is 5.91 Å². The zero-order valence-electron chi connectivity index (χ0n) is 9.91. The summed E-state index contributed by atoms with van der Waals surface area (Å²) in [5.41, 5.74) is 0.200. The van der Waals surface area contributed by atoms with E-state index in [1.807, 2.05) is 0 Å². The Morgan fingerprint density at radius 3 is 2.67 bits per heavy atom. The molecule has 0 fully saturated rings. The molecule has 0 aliphatic rings. The number of amides is 1. The Bertz CT molecular complexity index is 468. The zero-order valence-corrected chi connectivity index (χ0v) is 9.91. The molecule has 1 aromatic heterocycles. The zero-order chi connectivity index (χ0) is 13.7. The number of aliphatic carboxylic acids is 1. The van der Waals surface area contributed by atoms with Crippen molar-refractivity contribution in [3.05, 3.63) is 18.2 Å². The van der Waals surface area contributed by atoms with Gasteiger partial charge in [-0.25, -0.2) is 9.78 Å². The van der Waals surface area contributed by atoms with Crippen molar-refractivity contribution < 1.29 is 24.2 Å². The summed E-state index contributed by atoms with van der Waals surface area (Å²) in [6.45, 7) is 0. The Labute approximate surface area is 103 Å². The maximum absolute atomic E-state index is 11.7. The molecule has 0 radical (unpaired) electrons. The lowest BCUT2D eigenvalue weighted by atomic mass is 10.2. The first-order valence-corrected chi connectivity index (χ1v) is 5.02. The van der Waals surface area contributed by atoms with Crippen LogP contribution in [-0.2, 0) is 21.4 Å². The van der Waals surface area contributed by atoms with E-state index in [4.69, 9.17) is 5.11 Å². The molecule has 0 aliphatic carbocycles. The van der Waals surface area contributed by atoms with Gasteiger partial charge in [0.2, 0.25) is 0 Å². The summed E-state index contributed by atoms with van der Waals surface area (Å²) in [7, 11) is 2.74. The van der Waals surface area contributed by atoms with Crippen molar-refractivity contribution in [3.8, 4) is 0 Å². The van der Waals surface area contributed by atoms with Crippen molar-refractivity contribution in [1.82, 2.24) is 14.9 Å². The Hall–Kier alpha value is -2.38. The van der Waals surface area contributed by atoms with Crippen LogP contribution in [-0.4, -0.2) is 45.7 Å². The number of aryl methyl sites for hydroxylation is 1. The number of rotatable bonds is 5. The molecule has 1 aromatic rings. The van der Waals surface area contributed by atoms with Crippen LogP contribution < -0.4 is 5.32 Å². The third-order valence-electron chi connectivity index (χ3n) is 2.25. The number of esters is 1. The van der Waals surface area contributed by atoms with Gasteiger partial charge in [0, 0.05) is 7.05 Å². The number of carboxylic acids is 1. The second kappa shape index (κ2) is 5.80. The molecule has 8 heteroatoms. The van der Waals surface area contributed by atoms with Gasteiger partial charge in [-0.3, -0.25) is 9.59 Å². The maximum atomic E-state index is 11.7. The second-order valence-corrected chi connectivity index (χ2v) is 3.53. The van der Waals surface area contributed by atoms with Crippen molar-refractivity contribution in [2.75, 3.05) is 7.11 Å². The molecule has 0 saturated heterocycles. The Morgan fingerprint density at radius 1 is 1.56 bits per heavy atom. The number of hydrogen-bond donors (Lipinski definition) is 2. The van der Waals surface area contributed by atoms with Gasteiger partial charge in [0.15, 0.2) is 0 Å². The molecule has 1 heterocycles. The molecule has 1 amide bonds. The fraction of sp³-hybridized carbons (Fsp3) is 0.400. The summed E-state index contributed by atoms with van der Waals surface area (Å²) < 4.78 is 5.79. The van der Waals surface area contributed by atoms with E-state index in [1.54, 1.807) is 7.05 Å². The van der Waals surface area contributed by atoms with Gasteiger partial charge in [-0.05, 0) is 0 Å². The van der Waals surface area contributed by atoms with Crippen molar-refractivity contribution in [1.29, 1.82) is 0 Å². The Kier molecular flexibility index (Phi) is 4.41. The molecule has 0 saturated carbocycles. The number of ether oxygens (including phenoxy) is 1. The maximum Gasteiger partial charge on any atom is 0.326 e. The Morgan fingerprint density at radius 2 is 2.22 bits per heavy atom. The minimum Gasteiger partial charge on any atom is -0.480 e. The minimum absolute atomic E-state index is 0.200. The van der Waals surface area contributed by atoms with Crippen LogP contribution in [0.1, 0.15) is 16.9 Å². The third kappa shape index (κ3) is 3.30. The fourth-order valence-electron chi connectivity index (χ4n) is 1.26. The highest BCUT2D eigenvalue weighted by Gasteiger charge is 2.25. The summed E-state index contributed by atoms with van der Waals surface area (Å²) in [5, 5.41) is 11.1. The molecule has 0 bridgehead atoms. The molecule has 0 unspecified atom stereocenters. The summed E-state index contributed by atoms with van der Waals surface area (Å²) in [6, 6.07) is -1.33. The molecule has 0 aliphatic heterocycles. The number of aromatic nitrogens is 2. The van der Waals surface area contributed by atoms with Gasteiger partial charge in [-0.15, -0.1) is 0 Å². The van der Waals surface area contributed by atoms with Crippen LogP contribution in [0.3, 0.4) is 0 Å². The molecule has 1 atom stereocenters. The fourth-order valence-corrected chi connectivity index (χ4v) is 1.26. The van der Waals surface area contributed by atoms with Crippen LogP contribution in [0.4, 0.5) is 0 Å². The molecule has 2 N–H and O–H groups in total. The van der Waals surface area contributed by atoms with E-state index in [-0.39, 0.29) is 5.69 Å². The molecular weight excluding hydrogens is 242 g/mol. The van der Waals surface area contributed by atoms with Gasteiger partial charge in [0.1, 0.15) is 11.7 Å². The van der Waals surface area contributed by atoms with Gasteiger partial charge in [-0.2, -0.15) is 0 Å². The SMILES string of the molecule is COC(=O)C[C@H](NC(=O)c1cncn1C)C(=O)O. The van der Waals surface area contributed by atoms with Crippen LogP contribution in [0, 0.1) is 0 Å². The third-order valence-corrected chi connectivity index (χ3v) is 2.25. The van der Waals surface area contributed by atoms with E-state index in [1.165, 1.54) is 17.1 Å². The van der Waals surface area contributed by atoms with Gasteiger partial charge in [-0.1, -0.05) is 0 Å². The quantitative estimate of drug-likeness (QED) is 0.664. The Balaban J connectivity index is 2.73. The lowest BCUT2D eigenvalue weighted by Gasteiger charge is -2.13. The standard InChI is InChI=1S/C10H13N3O5/c1-13-5-11-4-7(13)9(15)12-6(10(16)17)3-8(14)18-2/h4-6H,3H2,1-2H3,(H,12,15)(H,16,17)/t6-/m0/s1. The van der Waals surface area contributed by atoms with Crippen LogP contribution in [0.15, 0.2) is 12.5 Å². The van der Waals surface area contributed by atoms with E-state index in [0.29, 0.717) is 0 Å². The van der Waals surface area contributed by atoms with Gasteiger partial charge in [0.05, 0.1) is 26.1 Å². The molecular formula is C10H13N3O5. The highest BCUT2D eigenvalue weighted by Crippen LogP contribution is 2.00. The van der Waals surface area contributed by atoms with Gasteiger partial charge < -0.3 is 19.7 Å². The van der Waals surface area contributed by atoms with E-state index in [2.05, 4.69) is 15.0 Å². The van der Waals surface area contributed by atoms with E-state index in [0.717, 1.165) is 7.11 Å². The number of nitrogens with one attached hydrogen (secondary N) is 1. The molecule has 0 aromatic carbocycles. The van der Waals surface area contributed by atoms with Crippen molar-refractivity contribution >= 4 is 17.8 Å². The molecule has 1 rings (SSSR count). The van der Waals surface area contributed by atoms with Crippen molar-refractivity contribution in [2.45, 2.75) is 12.5 Å². The number of methoxy groups -OCH3 is 1. The van der Waals surface area contributed by atoms with Crippen LogP contribution in [0.25, 0.3) is 0 Å². The number of carbonyl (C=O) groups is 3. The number of imidazole rings is 1. The normalized spacial score (nSPS) is 11.7. The van der Waals surface area contributed by atoms with Crippen LogP contribution >= 0.6 is 0 Å². The smallest absolute Gasteiger partial charge is 0.326 e. The largest absolute Gasteiger partial charge is 0.480 e. The first-order valence-electron chi connectivity index (χ1n) is 5.02. The summed E-state index contributed by atoms with van der Waals surface area (Å²) >= 11 is 0. The van der Waals surface area contributed by atoms with Crippen molar-refractivity contribution in [3.63, 3.8) is 0 Å². The summed E-state index contributed by atoms with van der Waals surface area (Å²) in [6.07, 6.45) is 2.27. The molecule has 18 heavy (non-hydrogen) atoms. The molecule has 98 valence electrons. The average Bonchev–Trinajstić information content (AvgIpc) is 2.74. The van der Waals surface area contributed by atoms with E-state index >= 15 is 0 Å². The van der Waals surface area contributed by atoms with E-state index in [9.17, 15) is 14.4 Å². The van der Waals surface area contributed by atoms with Gasteiger partial charge >= 0.3 is 11.9 Å². The molecule has 0 spiro atoms.